The Morgan fingerprint density at radius 1 is 1.32 bits per heavy atom. The number of aryl methyl sites for hydroxylation is 1. The van der Waals surface area contributed by atoms with Crippen molar-refractivity contribution in [2.45, 2.75) is 39.5 Å². The van der Waals surface area contributed by atoms with Gasteiger partial charge in [0.25, 0.3) is 0 Å². The second-order valence-electron chi connectivity index (χ2n) is 5.83. The third kappa shape index (κ3) is 4.42. The van der Waals surface area contributed by atoms with Gasteiger partial charge >= 0.3 is 5.97 Å². The first-order valence-corrected chi connectivity index (χ1v) is 9.52. The predicted molar refractivity (Wildman–Crippen MR) is 104 cm³/mol. The van der Waals surface area contributed by atoms with Crippen molar-refractivity contribution in [1.82, 2.24) is 9.97 Å². The molecule has 0 bridgehead atoms. The summed E-state index contributed by atoms with van der Waals surface area (Å²) in [5.74, 6) is 0.195. The molecule has 6 heteroatoms. The average molecular weight is 408 g/mol. The van der Waals surface area contributed by atoms with Gasteiger partial charge in [0.15, 0.2) is 0 Å². The number of carbonyl (C=O) groups excluding carboxylic acids is 1. The zero-order valence-corrected chi connectivity index (χ0v) is 16.9. The number of hydrogen-bond donors (Lipinski definition) is 1. The molecule has 1 N–H and O–H groups in total. The highest BCUT2D eigenvalue weighted by atomic mass is 79.9. The van der Waals surface area contributed by atoms with E-state index < -0.39 is 0 Å². The quantitative estimate of drug-likeness (QED) is 0.750. The number of hydrogen-bond acceptors (Lipinski definition) is 4. The fraction of sp³-hybridized carbons (Fsp3) is 0.474. The zero-order valence-electron chi connectivity index (χ0n) is 15.3. The van der Waals surface area contributed by atoms with Gasteiger partial charge < -0.3 is 14.6 Å². The lowest BCUT2D eigenvalue weighted by molar-refractivity contribution is 0.0600. The molecule has 1 fully saturated rings. The van der Waals surface area contributed by atoms with E-state index in [1.165, 1.54) is 12.8 Å². The van der Waals surface area contributed by atoms with Crippen LogP contribution < -0.4 is 4.90 Å². The van der Waals surface area contributed by atoms with Crippen molar-refractivity contribution in [1.29, 1.82) is 0 Å². The van der Waals surface area contributed by atoms with Crippen LogP contribution in [0.4, 0.5) is 5.69 Å². The third-order valence-electron chi connectivity index (χ3n) is 4.46. The number of carbonyl (C=O) groups is 1. The summed E-state index contributed by atoms with van der Waals surface area (Å²) in [5.41, 5.74) is 3.98. The molecule has 3 rings (SSSR count). The minimum Gasteiger partial charge on any atom is -0.465 e. The first kappa shape index (κ1) is 19.5. The number of piperidine rings is 1. The number of methoxy groups -OCH3 is 1. The van der Waals surface area contributed by atoms with Crippen LogP contribution in [0.3, 0.4) is 0 Å². The van der Waals surface area contributed by atoms with Gasteiger partial charge in [-0.3, -0.25) is 0 Å². The Hall–Kier alpha value is -1.82. The van der Waals surface area contributed by atoms with Crippen LogP contribution >= 0.6 is 15.9 Å². The Kier molecular flexibility index (Phi) is 7.05. The number of halogens is 1. The monoisotopic (exact) mass is 407 g/mol. The molecule has 0 atom stereocenters. The van der Waals surface area contributed by atoms with Gasteiger partial charge in [0.2, 0.25) is 0 Å². The van der Waals surface area contributed by atoms with E-state index in [0.29, 0.717) is 11.5 Å². The normalized spacial score (nSPS) is 14.7. The lowest BCUT2D eigenvalue weighted by Crippen LogP contribution is -2.33. The second kappa shape index (κ2) is 9.04. The Morgan fingerprint density at radius 3 is 2.56 bits per heavy atom. The lowest BCUT2D eigenvalue weighted by atomic mass is 9.92. The number of H-pyrrole nitrogens is 1. The smallest absolute Gasteiger partial charge is 0.337 e. The molecule has 0 spiro atoms. The maximum Gasteiger partial charge on any atom is 0.337 e. The first-order valence-electron chi connectivity index (χ1n) is 8.73. The molecular formula is C19H26BrN3O2. The summed E-state index contributed by atoms with van der Waals surface area (Å²) in [5, 5.41) is 0. The van der Waals surface area contributed by atoms with Gasteiger partial charge in [0.1, 0.15) is 0 Å². The Morgan fingerprint density at radius 2 is 2.00 bits per heavy atom. The second-order valence-corrected chi connectivity index (χ2v) is 6.69. The lowest BCUT2D eigenvalue weighted by Gasteiger charge is -2.34. The van der Waals surface area contributed by atoms with Crippen molar-refractivity contribution in [3.05, 3.63) is 46.0 Å². The molecule has 0 saturated carbocycles. The molecule has 1 aliphatic rings. The molecule has 2 aromatic rings. The molecule has 0 amide bonds. The maximum absolute atomic E-state index is 11.7. The number of aromatic nitrogens is 2. The number of imidazole rings is 1. The molecule has 2 heterocycles. The molecule has 25 heavy (non-hydrogen) atoms. The van der Waals surface area contributed by atoms with Gasteiger partial charge in [-0.1, -0.05) is 13.8 Å². The Labute approximate surface area is 157 Å². The molecule has 5 nitrogen and oxygen atoms in total. The van der Waals surface area contributed by atoms with E-state index in [9.17, 15) is 4.79 Å². The summed E-state index contributed by atoms with van der Waals surface area (Å²) < 4.78 is 5.81. The highest BCUT2D eigenvalue weighted by Crippen LogP contribution is 2.34. The van der Waals surface area contributed by atoms with Crippen LogP contribution in [0, 0.1) is 6.92 Å². The van der Waals surface area contributed by atoms with Gasteiger partial charge in [-0.05, 0) is 53.9 Å². The third-order valence-corrected chi connectivity index (χ3v) is 5.13. The average Bonchev–Trinajstić information content (AvgIpc) is 3.09. The Balaban J connectivity index is 0.00000109. The van der Waals surface area contributed by atoms with Gasteiger partial charge in [0.05, 0.1) is 30.4 Å². The molecule has 1 aromatic carbocycles. The van der Waals surface area contributed by atoms with Gasteiger partial charge in [-0.15, -0.1) is 0 Å². The molecule has 1 aromatic heterocycles. The van der Waals surface area contributed by atoms with E-state index in [4.69, 9.17) is 4.74 Å². The number of rotatable bonds is 3. The fourth-order valence-electron chi connectivity index (χ4n) is 3.17. The van der Waals surface area contributed by atoms with E-state index in [0.717, 1.165) is 41.8 Å². The summed E-state index contributed by atoms with van der Waals surface area (Å²) in [4.78, 5) is 21.7. The number of anilines is 1. The molecule has 1 aliphatic heterocycles. The molecule has 136 valence electrons. The molecule has 1 saturated heterocycles. The van der Waals surface area contributed by atoms with Crippen LogP contribution in [0.25, 0.3) is 0 Å². The minimum atomic E-state index is -0.305. The van der Waals surface area contributed by atoms with Gasteiger partial charge in [-0.25, -0.2) is 9.78 Å². The largest absolute Gasteiger partial charge is 0.465 e. The minimum absolute atomic E-state index is 0.305. The van der Waals surface area contributed by atoms with Crippen LogP contribution in [-0.4, -0.2) is 36.1 Å². The van der Waals surface area contributed by atoms with Crippen molar-refractivity contribution < 1.29 is 9.53 Å². The predicted octanol–water partition coefficient (Wildman–Crippen LogP) is 4.68. The van der Waals surface area contributed by atoms with E-state index in [-0.39, 0.29) is 5.97 Å². The standard InChI is InChI=1S/C17H20BrN3O2.C2H6/c1-11-16(20-10-19-11)12-5-7-21(8-6-12)15-9-13(17(22)23-2)3-4-14(15)18;1-2/h3-4,9-10,12H,5-8H2,1-2H3,(H,19,20);1-2H3. The molecule has 0 aliphatic carbocycles. The molecule has 0 radical (unpaired) electrons. The SMILES string of the molecule is CC.COC(=O)c1ccc(Br)c(N2CCC(c3nc[nH]c3C)CC2)c1. The number of nitrogens with one attached hydrogen (secondary N) is 1. The first-order chi connectivity index (χ1) is 12.1. The topological polar surface area (TPSA) is 58.2 Å². The van der Waals surface area contributed by atoms with Gasteiger partial charge in [-0.2, -0.15) is 0 Å². The van der Waals surface area contributed by atoms with Crippen molar-refractivity contribution >= 4 is 27.6 Å². The highest BCUT2D eigenvalue weighted by molar-refractivity contribution is 9.10. The number of benzene rings is 1. The van der Waals surface area contributed by atoms with Crippen LogP contribution in [0.1, 0.15) is 54.4 Å². The van der Waals surface area contributed by atoms with Crippen LogP contribution in [0.2, 0.25) is 0 Å². The van der Waals surface area contributed by atoms with Crippen LogP contribution in [0.5, 0.6) is 0 Å². The maximum atomic E-state index is 11.7. The van der Waals surface area contributed by atoms with Crippen molar-refractivity contribution in [2.75, 3.05) is 25.1 Å². The van der Waals surface area contributed by atoms with Crippen molar-refractivity contribution in [2.24, 2.45) is 0 Å². The van der Waals surface area contributed by atoms with Gasteiger partial charge in [0, 0.05) is 29.2 Å². The van der Waals surface area contributed by atoms with Crippen LogP contribution in [0.15, 0.2) is 29.0 Å². The van der Waals surface area contributed by atoms with E-state index in [2.05, 4.69) is 37.7 Å². The summed E-state index contributed by atoms with van der Waals surface area (Å²) in [6.45, 7) is 7.96. The van der Waals surface area contributed by atoms with Crippen molar-refractivity contribution in [3.8, 4) is 0 Å². The van der Waals surface area contributed by atoms with E-state index >= 15 is 0 Å². The number of aromatic amines is 1. The van der Waals surface area contributed by atoms with Crippen LogP contribution in [-0.2, 0) is 4.74 Å². The summed E-state index contributed by atoms with van der Waals surface area (Å²) in [7, 11) is 1.40. The summed E-state index contributed by atoms with van der Waals surface area (Å²) >= 11 is 3.59. The zero-order chi connectivity index (χ0) is 18.4. The van der Waals surface area contributed by atoms with E-state index in [1.807, 2.05) is 26.0 Å². The van der Waals surface area contributed by atoms with Crippen molar-refractivity contribution in [3.63, 3.8) is 0 Å². The highest BCUT2D eigenvalue weighted by Gasteiger charge is 2.25. The fourth-order valence-corrected chi connectivity index (χ4v) is 3.67. The number of esters is 1. The summed E-state index contributed by atoms with van der Waals surface area (Å²) in [6, 6.07) is 5.58. The molecule has 0 unspecified atom stereocenters. The molecular weight excluding hydrogens is 382 g/mol. The number of nitrogens with zero attached hydrogens (tertiary/aromatic N) is 2. The summed E-state index contributed by atoms with van der Waals surface area (Å²) in [6.07, 6.45) is 3.88. The Bertz CT molecular complexity index is 706. The number of ether oxygens (including phenoxy) is 1. The van der Waals surface area contributed by atoms with E-state index in [1.54, 1.807) is 12.4 Å².